The van der Waals surface area contributed by atoms with Gasteiger partial charge in [0.15, 0.2) is 6.61 Å². The third kappa shape index (κ3) is 3.80. The fourth-order valence-corrected chi connectivity index (χ4v) is 7.70. The summed E-state index contributed by atoms with van der Waals surface area (Å²) in [5, 5.41) is 3.83. The van der Waals surface area contributed by atoms with E-state index in [1.54, 1.807) is 11.3 Å². The lowest BCUT2D eigenvalue weighted by molar-refractivity contribution is -0.149. The number of rotatable bonds is 6. The number of amides is 1. The molecule has 0 aliphatic heterocycles. The molecule has 2 bridgehead atoms. The quantitative estimate of drug-likeness (QED) is 0.626. The van der Waals surface area contributed by atoms with E-state index in [1.807, 2.05) is 0 Å². The Hall–Kier alpha value is -2.22. The fraction of sp³-hybridized carbons (Fsp3) is 0.680. The van der Waals surface area contributed by atoms with Gasteiger partial charge in [-0.25, -0.2) is 4.98 Å². The summed E-state index contributed by atoms with van der Waals surface area (Å²) in [6.45, 7) is 6.61. The molecular weight excluding hydrogens is 438 g/mol. The summed E-state index contributed by atoms with van der Waals surface area (Å²) < 4.78 is 5.22. The number of nitrogens with one attached hydrogen (secondary N) is 2. The molecule has 2 aromatic heterocycles. The minimum Gasteiger partial charge on any atom is -0.456 e. The largest absolute Gasteiger partial charge is 0.456 e. The van der Waals surface area contributed by atoms with E-state index in [4.69, 9.17) is 4.74 Å². The molecule has 7 nitrogen and oxygen atoms in total. The van der Waals surface area contributed by atoms with Gasteiger partial charge in [0.25, 0.3) is 11.5 Å². The number of aromatic nitrogens is 2. The van der Waals surface area contributed by atoms with Crippen molar-refractivity contribution in [3.63, 3.8) is 0 Å². The van der Waals surface area contributed by atoms with Gasteiger partial charge in [-0.15, -0.1) is 11.3 Å². The van der Waals surface area contributed by atoms with Crippen LogP contribution >= 0.6 is 11.3 Å². The Morgan fingerprint density at radius 2 is 2.03 bits per heavy atom. The lowest BCUT2D eigenvalue weighted by Crippen LogP contribution is -2.48. The molecule has 0 spiro atoms. The van der Waals surface area contributed by atoms with E-state index >= 15 is 0 Å². The van der Waals surface area contributed by atoms with E-state index < -0.39 is 5.97 Å². The highest BCUT2D eigenvalue weighted by Gasteiger charge is 2.61. The number of aryl methyl sites for hydroxylation is 3. The Morgan fingerprint density at radius 1 is 1.24 bits per heavy atom. The van der Waals surface area contributed by atoms with Gasteiger partial charge in [-0.2, -0.15) is 0 Å². The number of hydrogen-bond acceptors (Lipinski definition) is 6. The lowest BCUT2D eigenvalue weighted by atomic mass is 9.69. The van der Waals surface area contributed by atoms with Crippen LogP contribution in [0.3, 0.4) is 0 Å². The summed E-state index contributed by atoms with van der Waals surface area (Å²) in [6.07, 6.45) is 7.91. The van der Waals surface area contributed by atoms with Crippen molar-refractivity contribution in [2.45, 2.75) is 84.6 Å². The monoisotopic (exact) mass is 471 g/mol. The maximum Gasteiger partial charge on any atom is 0.306 e. The summed E-state index contributed by atoms with van der Waals surface area (Å²) in [5.41, 5.74) is 1.34. The van der Waals surface area contributed by atoms with E-state index in [2.05, 4.69) is 36.1 Å². The molecule has 0 radical (unpaired) electrons. The highest BCUT2D eigenvalue weighted by atomic mass is 32.1. The first-order valence-electron chi connectivity index (χ1n) is 12.2. The zero-order valence-electron chi connectivity index (χ0n) is 19.7. The van der Waals surface area contributed by atoms with Crippen molar-refractivity contribution in [3.8, 4) is 0 Å². The van der Waals surface area contributed by atoms with Gasteiger partial charge in [-0.05, 0) is 67.3 Å². The summed E-state index contributed by atoms with van der Waals surface area (Å²) in [7, 11) is 0. The minimum atomic E-state index is -0.460. The molecular formula is C25H33N3O4S. The van der Waals surface area contributed by atoms with Crippen molar-refractivity contribution < 1.29 is 14.3 Å². The Labute approximate surface area is 197 Å². The van der Waals surface area contributed by atoms with Gasteiger partial charge in [0.2, 0.25) is 0 Å². The molecule has 2 aromatic rings. The van der Waals surface area contributed by atoms with Crippen molar-refractivity contribution in [1.82, 2.24) is 15.3 Å². The number of fused-ring (bicyclic) bond motifs is 5. The van der Waals surface area contributed by atoms with Crippen molar-refractivity contribution in [1.29, 1.82) is 0 Å². The molecule has 3 aliphatic rings. The third-order valence-electron chi connectivity index (χ3n) is 8.93. The zero-order valence-corrected chi connectivity index (χ0v) is 20.5. The summed E-state index contributed by atoms with van der Waals surface area (Å²) in [4.78, 5) is 46.8. The molecule has 0 saturated heterocycles. The van der Waals surface area contributed by atoms with Crippen LogP contribution < -0.4 is 10.9 Å². The number of aromatic amines is 1. The van der Waals surface area contributed by atoms with Crippen LogP contribution in [0.1, 0.15) is 75.6 Å². The van der Waals surface area contributed by atoms with Crippen molar-refractivity contribution in [3.05, 3.63) is 26.6 Å². The van der Waals surface area contributed by atoms with Crippen LogP contribution in [0.4, 0.5) is 0 Å². The van der Waals surface area contributed by atoms with Crippen LogP contribution in [0.15, 0.2) is 4.79 Å². The highest BCUT2D eigenvalue weighted by Crippen LogP contribution is 2.65. The van der Waals surface area contributed by atoms with Gasteiger partial charge >= 0.3 is 5.97 Å². The maximum atomic E-state index is 12.6. The number of esters is 1. The van der Waals surface area contributed by atoms with Gasteiger partial charge < -0.3 is 15.0 Å². The van der Waals surface area contributed by atoms with E-state index in [1.165, 1.54) is 11.3 Å². The Balaban J connectivity index is 1.14. The number of ether oxygens (including phenoxy) is 1. The predicted molar refractivity (Wildman–Crippen MR) is 127 cm³/mol. The van der Waals surface area contributed by atoms with Gasteiger partial charge in [0, 0.05) is 17.3 Å². The summed E-state index contributed by atoms with van der Waals surface area (Å²) in [5.74, 6) is 0.425. The van der Waals surface area contributed by atoms with Crippen molar-refractivity contribution >= 4 is 33.4 Å². The second kappa shape index (κ2) is 8.22. The second-order valence-electron chi connectivity index (χ2n) is 10.8. The van der Waals surface area contributed by atoms with E-state index in [0.717, 1.165) is 54.3 Å². The normalized spacial score (nSPS) is 27.5. The van der Waals surface area contributed by atoms with E-state index in [0.29, 0.717) is 11.7 Å². The van der Waals surface area contributed by atoms with Crippen LogP contribution in [-0.4, -0.2) is 34.5 Å². The number of thiophene rings is 1. The average molecular weight is 472 g/mol. The number of carbonyl (C=O) groups is 2. The maximum absolute atomic E-state index is 12.6. The molecule has 0 aromatic carbocycles. The Kier molecular flexibility index (Phi) is 5.62. The predicted octanol–water partition coefficient (Wildman–Crippen LogP) is 3.67. The van der Waals surface area contributed by atoms with Crippen molar-refractivity contribution in [2.75, 3.05) is 6.61 Å². The van der Waals surface area contributed by atoms with E-state index in [9.17, 15) is 14.4 Å². The standard InChI is InChI=1S/C25H33N3O4S/c1-24(2)14-10-11-25(24,3)17(12-14)26-19(29)13-32-20(30)9-8-18-27-22(31)21-15-6-4-5-7-16(15)33-23(21)28-18/h14,17H,4-13H2,1-3H3,(H,26,29)(H,27,28,31). The first-order valence-corrected chi connectivity index (χ1v) is 13.0. The van der Waals surface area contributed by atoms with Gasteiger partial charge in [0.05, 0.1) is 11.8 Å². The van der Waals surface area contributed by atoms with Crippen LogP contribution in [0.2, 0.25) is 0 Å². The molecule has 2 saturated carbocycles. The molecule has 2 N–H and O–H groups in total. The fourth-order valence-electron chi connectivity index (χ4n) is 6.42. The molecule has 1 amide bonds. The summed E-state index contributed by atoms with van der Waals surface area (Å²) in [6, 6.07) is 0.134. The van der Waals surface area contributed by atoms with Gasteiger partial charge in [-0.3, -0.25) is 14.4 Å². The minimum absolute atomic E-state index is 0.0725. The number of H-pyrrole nitrogens is 1. The molecule has 2 fully saturated rings. The van der Waals surface area contributed by atoms with Crippen LogP contribution in [0, 0.1) is 16.7 Å². The number of carbonyl (C=O) groups excluding carboxylic acids is 2. The highest BCUT2D eigenvalue weighted by molar-refractivity contribution is 7.18. The number of hydrogen-bond donors (Lipinski definition) is 2. The Morgan fingerprint density at radius 3 is 2.76 bits per heavy atom. The second-order valence-corrected chi connectivity index (χ2v) is 11.9. The van der Waals surface area contributed by atoms with Gasteiger partial charge in [0.1, 0.15) is 10.7 Å². The first kappa shape index (κ1) is 22.6. The summed E-state index contributed by atoms with van der Waals surface area (Å²) >= 11 is 1.60. The topological polar surface area (TPSA) is 101 Å². The van der Waals surface area contributed by atoms with Crippen LogP contribution in [0.25, 0.3) is 10.2 Å². The van der Waals surface area contributed by atoms with Crippen LogP contribution in [0.5, 0.6) is 0 Å². The molecule has 3 unspecified atom stereocenters. The molecule has 33 heavy (non-hydrogen) atoms. The molecule has 178 valence electrons. The first-order chi connectivity index (χ1) is 15.7. The van der Waals surface area contributed by atoms with Gasteiger partial charge in [-0.1, -0.05) is 20.8 Å². The lowest BCUT2D eigenvalue weighted by Gasteiger charge is -2.39. The molecule has 2 heterocycles. The Bertz CT molecular complexity index is 1170. The van der Waals surface area contributed by atoms with Crippen LogP contribution in [-0.2, 0) is 33.6 Å². The SMILES string of the molecule is CC1(C)C2CCC1(C)C(NC(=O)COC(=O)CCc1nc3sc4c(c3c(=O)[nH]1)CCCC4)C2. The smallest absolute Gasteiger partial charge is 0.306 e. The number of nitrogens with zero attached hydrogens (tertiary/aromatic N) is 1. The molecule has 8 heteroatoms. The molecule has 3 aliphatic carbocycles. The third-order valence-corrected chi connectivity index (χ3v) is 10.1. The zero-order chi connectivity index (χ0) is 23.4. The molecule has 3 atom stereocenters. The molecule has 5 rings (SSSR count). The van der Waals surface area contributed by atoms with Crippen molar-refractivity contribution in [2.24, 2.45) is 16.7 Å². The van der Waals surface area contributed by atoms with E-state index in [-0.39, 0.29) is 47.8 Å². The average Bonchev–Trinajstić information content (AvgIpc) is 3.32.